The van der Waals surface area contributed by atoms with Crippen molar-refractivity contribution in [2.75, 3.05) is 11.5 Å². The minimum atomic E-state index is -4.67. The van der Waals surface area contributed by atoms with Gasteiger partial charge in [0.25, 0.3) is 0 Å². The highest BCUT2D eigenvalue weighted by molar-refractivity contribution is 5.87. The van der Waals surface area contributed by atoms with Gasteiger partial charge in [-0.1, -0.05) is 36.4 Å². The number of benzene rings is 2. The Hall–Kier alpha value is -2.83. The van der Waals surface area contributed by atoms with Gasteiger partial charge in [-0.3, -0.25) is 0 Å². The van der Waals surface area contributed by atoms with Gasteiger partial charge in [-0.2, -0.15) is 18.2 Å². The smallest absolute Gasteiger partial charge is 0.383 e. The molecule has 0 saturated carbocycles. The Kier molecular flexibility index (Phi) is 3.13. The summed E-state index contributed by atoms with van der Waals surface area (Å²) in [5.74, 6) is -0.975. The van der Waals surface area contributed by atoms with Crippen molar-refractivity contribution >= 4 is 22.5 Å². The molecule has 112 valence electrons. The highest BCUT2D eigenvalue weighted by Crippen LogP contribution is 2.39. The first kappa shape index (κ1) is 14.1. The minimum absolute atomic E-state index is 0.284. The van der Waals surface area contributed by atoms with Crippen LogP contribution in [0.3, 0.4) is 0 Å². The van der Waals surface area contributed by atoms with E-state index in [9.17, 15) is 13.2 Å². The molecule has 0 radical (unpaired) electrons. The van der Waals surface area contributed by atoms with E-state index in [0.29, 0.717) is 0 Å². The fourth-order valence-corrected chi connectivity index (χ4v) is 2.32. The average molecular weight is 304 g/mol. The highest BCUT2D eigenvalue weighted by atomic mass is 19.4. The van der Waals surface area contributed by atoms with Crippen LogP contribution in [-0.2, 0) is 6.18 Å². The maximum Gasteiger partial charge on any atom is 0.422 e. The summed E-state index contributed by atoms with van der Waals surface area (Å²) < 4.78 is 39.7. The molecule has 0 atom stereocenters. The van der Waals surface area contributed by atoms with Crippen molar-refractivity contribution < 1.29 is 13.2 Å². The highest BCUT2D eigenvalue weighted by Gasteiger charge is 2.38. The van der Waals surface area contributed by atoms with Crippen molar-refractivity contribution in [3.05, 3.63) is 48.0 Å². The first-order valence-electron chi connectivity index (χ1n) is 6.35. The normalized spacial score (nSPS) is 11.8. The van der Waals surface area contributed by atoms with Crippen molar-refractivity contribution in [2.24, 2.45) is 0 Å². The second-order valence-electron chi connectivity index (χ2n) is 4.75. The fourth-order valence-electron chi connectivity index (χ4n) is 2.32. The van der Waals surface area contributed by atoms with E-state index in [1.807, 2.05) is 12.1 Å². The van der Waals surface area contributed by atoms with Gasteiger partial charge in [0.1, 0.15) is 11.4 Å². The number of nitrogens with two attached hydrogens (primary N) is 2. The molecule has 1 aromatic heterocycles. The lowest BCUT2D eigenvalue weighted by Crippen LogP contribution is -2.15. The van der Waals surface area contributed by atoms with E-state index in [4.69, 9.17) is 11.5 Å². The van der Waals surface area contributed by atoms with Gasteiger partial charge in [0.05, 0.1) is 5.69 Å². The van der Waals surface area contributed by atoms with E-state index >= 15 is 0 Å². The van der Waals surface area contributed by atoms with Gasteiger partial charge in [-0.25, -0.2) is 4.98 Å². The number of anilines is 2. The van der Waals surface area contributed by atoms with Gasteiger partial charge >= 0.3 is 6.18 Å². The summed E-state index contributed by atoms with van der Waals surface area (Å²) in [5, 5.41) is 1.71. The van der Waals surface area contributed by atoms with E-state index in [-0.39, 0.29) is 17.2 Å². The summed E-state index contributed by atoms with van der Waals surface area (Å²) in [6.45, 7) is 0. The molecular formula is C15H11F3N4. The molecule has 7 heteroatoms. The van der Waals surface area contributed by atoms with Gasteiger partial charge < -0.3 is 11.5 Å². The standard InChI is InChI=1S/C15H11F3N4/c16-15(17,18)11-12(21-14(20)22-13(11)19)10-6-5-8-3-1-2-4-9(8)7-10/h1-7H,(H4,19,20,21,22). The van der Waals surface area contributed by atoms with Gasteiger partial charge in [0, 0.05) is 5.56 Å². The van der Waals surface area contributed by atoms with E-state index in [0.717, 1.165) is 10.8 Å². The third kappa shape index (κ3) is 2.41. The molecule has 0 aliphatic rings. The quantitative estimate of drug-likeness (QED) is 0.721. The first-order valence-corrected chi connectivity index (χ1v) is 6.35. The van der Waals surface area contributed by atoms with Crippen molar-refractivity contribution in [3.8, 4) is 11.3 Å². The number of rotatable bonds is 1. The van der Waals surface area contributed by atoms with Crippen LogP contribution < -0.4 is 11.5 Å². The zero-order valence-electron chi connectivity index (χ0n) is 11.2. The molecule has 0 saturated heterocycles. The predicted octanol–water partition coefficient (Wildman–Crippen LogP) is 3.48. The van der Waals surface area contributed by atoms with Crippen molar-refractivity contribution in [3.63, 3.8) is 0 Å². The summed E-state index contributed by atoms with van der Waals surface area (Å²) in [5.41, 5.74) is 9.75. The molecule has 0 amide bonds. The Morgan fingerprint density at radius 2 is 1.55 bits per heavy atom. The van der Waals surface area contributed by atoms with E-state index in [1.165, 1.54) is 0 Å². The van der Waals surface area contributed by atoms with Crippen LogP contribution >= 0.6 is 0 Å². The summed E-state index contributed by atoms with van der Waals surface area (Å²) >= 11 is 0. The number of fused-ring (bicyclic) bond motifs is 1. The van der Waals surface area contributed by atoms with Gasteiger partial charge in [-0.15, -0.1) is 0 Å². The van der Waals surface area contributed by atoms with Crippen LogP contribution in [0.25, 0.3) is 22.0 Å². The van der Waals surface area contributed by atoms with Crippen LogP contribution in [-0.4, -0.2) is 9.97 Å². The second-order valence-corrected chi connectivity index (χ2v) is 4.75. The lowest BCUT2D eigenvalue weighted by molar-refractivity contribution is -0.136. The lowest BCUT2D eigenvalue weighted by atomic mass is 10.0. The fraction of sp³-hybridized carbons (Fsp3) is 0.0667. The van der Waals surface area contributed by atoms with Gasteiger partial charge in [0.15, 0.2) is 0 Å². The molecule has 22 heavy (non-hydrogen) atoms. The Morgan fingerprint density at radius 1 is 0.864 bits per heavy atom. The Bertz CT molecular complexity index is 859. The van der Waals surface area contributed by atoms with E-state index in [2.05, 4.69) is 9.97 Å². The van der Waals surface area contributed by atoms with Gasteiger partial charge in [0.2, 0.25) is 5.95 Å². The predicted molar refractivity (Wildman–Crippen MR) is 78.8 cm³/mol. The lowest BCUT2D eigenvalue weighted by Gasteiger charge is -2.14. The zero-order valence-corrected chi connectivity index (χ0v) is 11.2. The number of aromatic nitrogens is 2. The van der Waals surface area contributed by atoms with Crippen LogP contribution in [0.2, 0.25) is 0 Å². The minimum Gasteiger partial charge on any atom is -0.383 e. The van der Waals surface area contributed by atoms with Crippen LogP contribution in [0.4, 0.5) is 24.9 Å². The van der Waals surface area contributed by atoms with Crippen LogP contribution in [0, 0.1) is 0 Å². The first-order chi connectivity index (χ1) is 10.4. The second kappa shape index (κ2) is 4.87. The number of nitrogens with zero attached hydrogens (tertiary/aromatic N) is 2. The SMILES string of the molecule is Nc1nc(N)c(C(F)(F)F)c(-c2ccc3ccccc3c2)n1. The summed E-state index contributed by atoms with van der Waals surface area (Å²) in [4.78, 5) is 7.16. The van der Waals surface area contributed by atoms with Crippen LogP contribution in [0.15, 0.2) is 42.5 Å². The maximum absolute atomic E-state index is 13.2. The molecular weight excluding hydrogens is 293 g/mol. The number of halogens is 3. The number of hydrogen-bond acceptors (Lipinski definition) is 4. The molecule has 2 aromatic carbocycles. The number of alkyl halides is 3. The summed E-state index contributed by atoms with van der Waals surface area (Å²) in [7, 11) is 0. The molecule has 0 spiro atoms. The average Bonchev–Trinajstić information content (AvgIpc) is 2.44. The Balaban J connectivity index is 2.29. The molecule has 0 aliphatic heterocycles. The molecule has 0 unspecified atom stereocenters. The van der Waals surface area contributed by atoms with Crippen LogP contribution in [0.1, 0.15) is 5.56 Å². The summed E-state index contributed by atoms with van der Waals surface area (Å²) in [6, 6.07) is 12.2. The molecule has 3 rings (SSSR count). The monoisotopic (exact) mass is 304 g/mol. The van der Waals surface area contributed by atoms with E-state index < -0.39 is 17.6 Å². The van der Waals surface area contributed by atoms with Crippen molar-refractivity contribution in [2.45, 2.75) is 6.18 Å². The molecule has 4 N–H and O–H groups in total. The number of hydrogen-bond donors (Lipinski definition) is 2. The largest absolute Gasteiger partial charge is 0.422 e. The Labute approximate surface area is 123 Å². The Morgan fingerprint density at radius 3 is 2.23 bits per heavy atom. The topological polar surface area (TPSA) is 77.8 Å². The van der Waals surface area contributed by atoms with Crippen LogP contribution in [0.5, 0.6) is 0 Å². The summed E-state index contributed by atoms with van der Waals surface area (Å²) in [6.07, 6.45) is -4.67. The molecule has 0 bridgehead atoms. The molecule has 3 aromatic rings. The van der Waals surface area contributed by atoms with Crippen molar-refractivity contribution in [1.82, 2.24) is 9.97 Å². The molecule has 0 fully saturated rings. The zero-order chi connectivity index (χ0) is 15.9. The third-order valence-corrected chi connectivity index (χ3v) is 3.26. The molecule has 4 nitrogen and oxygen atoms in total. The van der Waals surface area contributed by atoms with E-state index in [1.54, 1.807) is 30.3 Å². The number of nitrogen functional groups attached to an aromatic ring is 2. The van der Waals surface area contributed by atoms with Gasteiger partial charge in [-0.05, 0) is 16.8 Å². The molecule has 0 aliphatic carbocycles. The molecule has 1 heterocycles. The van der Waals surface area contributed by atoms with Crippen molar-refractivity contribution in [1.29, 1.82) is 0 Å². The maximum atomic E-state index is 13.2. The third-order valence-electron chi connectivity index (χ3n) is 3.26.